The summed E-state index contributed by atoms with van der Waals surface area (Å²) in [4.78, 5) is 0. The topological polar surface area (TPSA) is 12.0 Å². The lowest BCUT2D eigenvalue weighted by molar-refractivity contribution is 0.885. The maximum Gasteiger partial charge on any atom is 0.0500 e. The SMILES string of the molecule is Cc1ccc(NC(C)c2ccccc2Cl)cc1. The van der Waals surface area contributed by atoms with Gasteiger partial charge in [0.05, 0.1) is 0 Å². The first-order chi connectivity index (χ1) is 8.16. The second-order valence-electron chi connectivity index (χ2n) is 4.25. The third kappa shape index (κ3) is 3.01. The fourth-order valence-corrected chi connectivity index (χ4v) is 2.10. The summed E-state index contributed by atoms with van der Waals surface area (Å²) in [6.07, 6.45) is 0. The van der Waals surface area contributed by atoms with E-state index in [1.807, 2.05) is 24.3 Å². The molecule has 0 amide bonds. The largest absolute Gasteiger partial charge is 0.378 e. The van der Waals surface area contributed by atoms with Gasteiger partial charge in [0.2, 0.25) is 0 Å². The number of benzene rings is 2. The highest BCUT2D eigenvalue weighted by atomic mass is 35.5. The molecular formula is C15H16ClN. The van der Waals surface area contributed by atoms with E-state index in [0.29, 0.717) is 0 Å². The highest BCUT2D eigenvalue weighted by molar-refractivity contribution is 6.31. The van der Waals surface area contributed by atoms with Crippen molar-refractivity contribution in [1.82, 2.24) is 0 Å². The van der Waals surface area contributed by atoms with E-state index in [9.17, 15) is 0 Å². The summed E-state index contributed by atoms with van der Waals surface area (Å²) in [6.45, 7) is 4.20. The van der Waals surface area contributed by atoms with Crippen molar-refractivity contribution in [2.75, 3.05) is 5.32 Å². The van der Waals surface area contributed by atoms with Gasteiger partial charge in [0, 0.05) is 16.8 Å². The number of aryl methyl sites for hydroxylation is 1. The van der Waals surface area contributed by atoms with E-state index in [0.717, 1.165) is 16.3 Å². The van der Waals surface area contributed by atoms with Gasteiger partial charge in [-0.05, 0) is 37.6 Å². The van der Waals surface area contributed by atoms with Crippen LogP contribution in [0, 0.1) is 6.92 Å². The smallest absolute Gasteiger partial charge is 0.0500 e. The molecule has 17 heavy (non-hydrogen) atoms. The summed E-state index contributed by atoms with van der Waals surface area (Å²) in [5.74, 6) is 0. The van der Waals surface area contributed by atoms with Crippen molar-refractivity contribution in [1.29, 1.82) is 0 Å². The molecule has 2 rings (SSSR count). The minimum Gasteiger partial charge on any atom is -0.378 e. The molecule has 0 saturated heterocycles. The van der Waals surface area contributed by atoms with Crippen LogP contribution in [-0.4, -0.2) is 0 Å². The molecule has 1 unspecified atom stereocenters. The molecule has 2 aromatic rings. The number of halogens is 1. The highest BCUT2D eigenvalue weighted by Gasteiger charge is 2.08. The molecule has 0 aromatic heterocycles. The molecule has 0 fully saturated rings. The van der Waals surface area contributed by atoms with E-state index < -0.39 is 0 Å². The maximum absolute atomic E-state index is 6.17. The Morgan fingerprint density at radius 1 is 1.00 bits per heavy atom. The Hall–Kier alpha value is -1.47. The molecule has 1 atom stereocenters. The zero-order valence-electron chi connectivity index (χ0n) is 10.1. The van der Waals surface area contributed by atoms with E-state index in [1.54, 1.807) is 0 Å². The van der Waals surface area contributed by atoms with Crippen molar-refractivity contribution in [3.8, 4) is 0 Å². The summed E-state index contributed by atoms with van der Waals surface area (Å²) in [6, 6.07) is 16.5. The second-order valence-corrected chi connectivity index (χ2v) is 4.66. The molecule has 0 heterocycles. The summed E-state index contributed by atoms with van der Waals surface area (Å²) in [5.41, 5.74) is 3.50. The fraction of sp³-hybridized carbons (Fsp3) is 0.200. The van der Waals surface area contributed by atoms with Crippen LogP contribution in [0.5, 0.6) is 0 Å². The first-order valence-electron chi connectivity index (χ1n) is 5.74. The lowest BCUT2D eigenvalue weighted by atomic mass is 10.1. The normalized spacial score (nSPS) is 12.2. The van der Waals surface area contributed by atoms with E-state index >= 15 is 0 Å². The van der Waals surface area contributed by atoms with Crippen LogP contribution in [-0.2, 0) is 0 Å². The monoisotopic (exact) mass is 245 g/mol. The Morgan fingerprint density at radius 3 is 2.29 bits per heavy atom. The van der Waals surface area contributed by atoms with Crippen LogP contribution in [0.4, 0.5) is 5.69 Å². The number of hydrogen-bond acceptors (Lipinski definition) is 1. The number of hydrogen-bond donors (Lipinski definition) is 1. The fourth-order valence-electron chi connectivity index (χ4n) is 1.80. The standard InChI is InChI=1S/C15H16ClN/c1-11-7-9-13(10-8-11)17-12(2)14-5-3-4-6-15(14)16/h3-10,12,17H,1-2H3. The number of rotatable bonds is 3. The Morgan fingerprint density at radius 2 is 1.65 bits per heavy atom. The van der Waals surface area contributed by atoms with Crippen LogP contribution >= 0.6 is 11.6 Å². The number of anilines is 1. The Kier molecular flexibility index (Phi) is 3.70. The third-order valence-corrected chi connectivity index (χ3v) is 3.15. The zero-order valence-corrected chi connectivity index (χ0v) is 10.8. The molecule has 0 bridgehead atoms. The molecule has 1 nitrogen and oxygen atoms in total. The summed E-state index contributed by atoms with van der Waals surface area (Å²) in [5, 5.41) is 4.25. The second kappa shape index (κ2) is 5.24. The van der Waals surface area contributed by atoms with Gasteiger partial charge in [0.1, 0.15) is 0 Å². The predicted octanol–water partition coefficient (Wildman–Crippen LogP) is 4.82. The molecule has 88 valence electrons. The zero-order chi connectivity index (χ0) is 12.3. The van der Waals surface area contributed by atoms with Crippen molar-refractivity contribution in [2.24, 2.45) is 0 Å². The Bertz CT molecular complexity index is 491. The van der Waals surface area contributed by atoms with Crippen LogP contribution in [0.15, 0.2) is 48.5 Å². The van der Waals surface area contributed by atoms with Gasteiger partial charge in [-0.1, -0.05) is 47.5 Å². The quantitative estimate of drug-likeness (QED) is 0.817. The van der Waals surface area contributed by atoms with Crippen LogP contribution in [0.2, 0.25) is 5.02 Å². The van der Waals surface area contributed by atoms with Crippen molar-refractivity contribution >= 4 is 17.3 Å². The molecule has 0 aliphatic heterocycles. The minimum absolute atomic E-state index is 0.200. The van der Waals surface area contributed by atoms with E-state index in [4.69, 9.17) is 11.6 Å². The van der Waals surface area contributed by atoms with Crippen molar-refractivity contribution in [2.45, 2.75) is 19.9 Å². The number of nitrogens with one attached hydrogen (secondary N) is 1. The van der Waals surface area contributed by atoms with E-state index in [2.05, 4.69) is 43.4 Å². The summed E-state index contributed by atoms with van der Waals surface area (Å²) >= 11 is 6.17. The molecule has 2 heteroatoms. The Balaban J connectivity index is 2.14. The first-order valence-corrected chi connectivity index (χ1v) is 6.12. The van der Waals surface area contributed by atoms with Gasteiger partial charge in [-0.2, -0.15) is 0 Å². The van der Waals surface area contributed by atoms with E-state index in [-0.39, 0.29) is 6.04 Å². The molecule has 0 aliphatic rings. The van der Waals surface area contributed by atoms with Crippen molar-refractivity contribution in [3.63, 3.8) is 0 Å². The average molecular weight is 246 g/mol. The van der Waals surface area contributed by atoms with Crippen molar-refractivity contribution < 1.29 is 0 Å². The molecule has 0 radical (unpaired) electrons. The van der Waals surface area contributed by atoms with E-state index in [1.165, 1.54) is 5.56 Å². The van der Waals surface area contributed by atoms with Crippen LogP contribution in [0.3, 0.4) is 0 Å². The lowest BCUT2D eigenvalue weighted by Crippen LogP contribution is -2.06. The van der Waals surface area contributed by atoms with Gasteiger partial charge in [-0.15, -0.1) is 0 Å². The Labute approximate surface area is 107 Å². The van der Waals surface area contributed by atoms with Crippen LogP contribution in [0.25, 0.3) is 0 Å². The molecule has 0 saturated carbocycles. The molecule has 0 spiro atoms. The first kappa shape index (κ1) is 12.0. The highest BCUT2D eigenvalue weighted by Crippen LogP contribution is 2.25. The molecule has 1 N–H and O–H groups in total. The van der Waals surface area contributed by atoms with Gasteiger partial charge in [0.15, 0.2) is 0 Å². The van der Waals surface area contributed by atoms with Crippen LogP contribution < -0.4 is 5.32 Å². The van der Waals surface area contributed by atoms with Gasteiger partial charge in [-0.25, -0.2) is 0 Å². The summed E-state index contributed by atoms with van der Waals surface area (Å²) < 4.78 is 0. The summed E-state index contributed by atoms with van der Waals surface area (Å²) in [7, 11) is 0. The third-order valence-electron chi connectivity index (χ3n) is 2.81. The van der Waals surface area contributed by atoms with Gasteiger partial charge in [0.25, 0.3) is 0 Å². The van der Waals surface area contributed by atoms with Gasteiger partial charge in [-0.3, -0.25) is 0 Å². The van der Waals surface area contributed by atoms with Crippen molar-refractivity contribution in [3.05, 3.63) is 64.7 Å². The lowest BCUT2D eigenvalue weighted by Gasteiger charge is -2.17. The molecule has 0 aliphatic carbocycles. The minimum atomic E-state index is 0.200. The molecule has 2 aromatic carbocycles. The average Bonchev–Trinajstić information content (AvgIpc) is 2.32. The van der Waals surface area contributed by atoms with Gasteiger partial charge >= 0.3 is 0 Å². The van der Waals surface area contributed by atoms with Gasteiger partial charge < -0.3 is 5.32 Å². The predicted molar refractivity (Wildman–Crippen MR) is 74.7 cm³/mol. The van der Waals surface area contributed by atoms with Crippen LogP contribution in [0.1, 0.15) is 24.1 Å². The molecular weight excluding hydrogens is 230 g/mol. The maximum atomic E-state index is 6.17.